The van der Waals surface area contributed by atoms with Gasteiger partial charge in [-0.05, 0) is 48.7 Å². The van der Waals surface area contributed by atoms with Gasteiger partial charge in [0.1, 0.15) is 12.4 Å². The Morgan fingerprint density at radius 2 is 1.89 bits per heavy atom. The molecule has 28 heavy (non-hydrogen) atoms. The molecule has 0 aromatic heterocycles. The van der Waals surface area contributed by atoms with Crippen LogP contribution in [-0.2, 0) is 20.7 Å². The number of ether oxygens (including phenoxy) is 1. The first-order chi connectivity index (χ1) is 13.0. The topological polar surface area (TPSA) is 68.2 Å². The van der Waals surface area contributed by atoms with Gasteiger partial charge in [0.25, 0.3) is 5.91 Å². The van der Waals surface area contributed by atoms with Crippen molar-refractivity contribution in [1.29, 1.82) is 0 Å². The van der Waals surface area contributed by atoms with Crippen molar-refractivity contribution in [3.63, 3.8) is 0 Å². The zero-order valence-electron chi connectivity index (χ0n) is 18.0. The molecular weight excluding hydrogens is 374 g/mol. The normalized spacial score (nSPS) is 18.8. The molecule has 0 spiro atoms. The summed E-state index contributed by atoms with van der Waals surface area (Å²) in [7, 11) is -0.136. The number of carbonyl (C=O) groups is 1. The third kappa shape index (κ3) is 5.79. The molecule has 1 N–H and O–H groups in total. The third-order valence-corrected chi connectivity index (χ3v) is 10.4. The SMILES string of the molecule is COc1ccc(CON2CC(C(O)CCCO[Si](C)(C)C(C)(C)C)C2=O)cc1. The lowest BCUT2D eigenvalue weighted by Crippen LogP contribution is -2.56. The minimum atomic E-state index is -1.76. The van der Waals surface area contributed by atoms with E-state index in [0.29, 0.717) is 26.2 Å². The number of hydrogen-bond acceptors (Lipinski definition) is 5. The first-order valence-corrected chi connectivity index (χ1v) is 12.9. The molecular formula is C21H35NO5Si. The molecule has 1 aromatic carbocycles. The molecule has 1 heterocycles. The number of aliphatic hydroxyl groups excluding tert-OH is 1. The molecule has 0 radical (unpaired) electrons. The molecule has 2 unspecified atom stereocenters. The number of methoxy groups -OCH3 is 1. The molecule has 1 aromatic rings. The van der Waals surface area contributed by atoms with E-state index in [4.69, 9.17) is 14.0 Å². The molecule has 0 saturated carbocycles. The quantitative estimate of drug-likeness (QED) is 0.362. The van der Waals surface area contributed by atoms with E-state index < -0.39 is 14.4 Å². The highest BCUT2D eigenvalue weighted by molar-refractivity contribution is 6.74. The summed E-state index contributed by atoms with van der Waals surface area (Å²) in [5.41, 5.74) is 0.959. The number of aliphatic hydroxyl groups is 1. The van der Waals surface area contributed by atoms with Crippen LogP contribution in [0.1, 0.15) is 39.2 Å². The summed E-state index contributed by atoms with van der Waals surface area (Å²) in [6, 6.07) is 7.51. The molecule has 1 aliphatic heterocycles. The molecule has 158 valence electrons. The van der Waals surface area contributed by atoms with Crippen LogP contribution in [0.25, 0.3) is 0 Å². The lowest BCUT2D eigenvalue weighted by molar-refractivity contribution is -0.233. The summed E-state index contributed by atoms with van der Waals surface area (Å²) in [6.07, 6.45) is 0.679. The highest BCUT2D eigenvalue weighted by Crippen LogP contribution is 2.36. The molecule has 1 amide bonds. The summed E-state index contributed by atoms with van der Waals surface area (Å²) < 4.78 is 11.2. The monoisotopic (exact) mass is 409 g/mol. The number of amides is 1. The molecule has 1 fully saturated rings. The fourth-order valence-electron chi connectivity index (χ4n) is 2.73. The predicted octanol–water partition coefficient (Wildman–Crippen LogP) is 3.75. The molecule has 2 atom stereocenters. The average Bonchev–Trinajstić information content (AvgIpc) is 2.63. The van der Waals surface area contributed by atoms with Gasteiger partial charge in [0.05, 0.1) is 25.7 Å². The van der Waals surface area contributed by atoms with E-state index in [1.54, 1.807) is 7.11 Å². The molecule has 1 saturated heterocycles. The van der Waals surface area contributed by atoms with Crippen molar-refractivity contribution in [3.8, 4) is 5.75 Å². The molecule has 1 aliphatic rings. The second-order valence-electron chi connectivity index (χ2n) is 8.95. The fourth-order valence-corrected chi connectivity index (χ4v) is 3.82. The van der Waals surface area contributed by atoms with Crippen LogP contribution in [0.5, 0.6) is 5.75 Å². The van der Waals surface area contributed by atoms with Crippen molar-refractivity contribution in [1.82, 2.24) is 5.06 Å². The molecule has 0 bridgehead atoms. The van der Waals surface area contributed by atoms with Gasteiger partial charge in [-0.3, -0.25) is 9.63 Å². The van der Waals surface area contributed by atoms with E-state index in [0.717, 1.165) is 17.7 Å². The van der Waals surface area contributed by atoms with Gasteiger partial charge >= 0.3 is 0 Å². The summed E-state index contributed by atoms with van der Waals surface area (Å²) in [5.74, 6) is 0.263. The summed E-state index contributed by atoms with van der Waals surface area (Å²) in [6.45, 7) is 12.4. The molecule has 0 aliphatic carbocycles. The molecule has 2 rings (SSSR count). The minimum Gasteiger partial charge on any atom is -0.497 e. The van der Waals surface area contributed by atoms with Crippen molar-refractivity contribution in [3.05, 3.63) is 29.8 Å². The molecule has 7 heteroatoms. The number of rotatable bonds is 10. The van der Waals surface area contributed by atoms with Crippen molar-refractivity contribution < 1.29 is 23.9 Å². The zero-order chi connectivity index (χ0) is 20.9. The van der Waals surface area contributed by atoms with Crippen molar-refractivity contribution >= 4 is 14.2 Å². The van der Waals surface area contributed by atoms with Gasteiger partial charge in [-0.1, -0.05) is 32.9 Å². The zero-order valence-corrected chi connectivity index (χ0v) is 19.0. The first kappa shape index (κ1) is 22.9. The van der Waals surface area contributed by atoms with Gasteiger partial charge in [0, 0.05) is 6.61 Å². The Kier molecular flexibility index (Phi) is 7.67. The highest BCUT2D eigenvalue weighted by atomic mass is 28.4. The third-order valence-electron chi connectivity index (χ3n) is 5.85. The number of nitrogens with zero attached hydrogens (tertiary/aromatic N) is 1. The summed E-state index contributed by atoms with van der Waals surface area (Å²) in [5, 5.41) is 11.8. The van der Waals surface area contributed by atoms with Gasteiger partial charge in [0.2, 0.25) is 0 Å². The van der Waals surface area contributed by atoms with Gasteiger partial charge in [-0.25, -0.2) is 5.06 Å². The Labute approximate surface area is 169 Å². The number of hydrogen-bond donors (Lipinski definition) is 1. The Morgan fingerprint density at radius 1 is 1.25 bits per heavy atom. The van der Waals surface area contributed by atoms with Crippen molar-refractivity contribution in [2.45, 2.75) is 64.5 Å². The smallest absolute Gasteiger partial charge is 0.253 e. The Balaban J connectivity index is 1.67. The van der Waals surface area contributed by atoms with Crippen LogP contribution in [0.3, 0.4) is 0 Å². The lowest BCUT2D eigenvalue weighted by atomic mass is 9.92. The first-order valence-electron chi connectivity index (χ1n) is 9.94. The second kappa shape index (κ2) is 9.39. The van der Waals surface area contributed by atoms with Crippen LogP contribution in [-0.4, -0.2) is 50.8 Å². The van der Waals surface area contributed by atoms with E-state index in [2.05, 4.69) is 33.9 Å². The minimum absolute atomic E-state index is 0.147. The number of benzene rings is 1. The maximum atomic E-state index is 12.2. The Bertz CT molecular complexity index is 641. The van der Waals surface area contributed by atoms with Crippen LogP contribution in [0.15, 0.2) is 24.3 Å². The van der Waals surface area contributed by atoms with E-state index in [-0.39, 0.29) is 16.9 Å². The Hall–Kier alpha value is -1.41. The maximum absolute atomic E-state index is 12.2. The maximum Gasteiger partial charge on any atom is 0.253 e. The number of β-lactam (4-membered cyclic amide) rings is 1. The summed E-state index contributed by atoms with van der Waals surface area (Å²) in [4.78, 5) is 17.8. The van der Waals surface area contributed by atoms with Gasteiger partial charge in [-0.15, -0.1) is 0 Å². The van der Waals surface area contributed by atoms with Gasteiger partial charge < -0.3 is 14.3 Å². The standard InChI is InChI=1S/C21H35NO5Si/c1-21(2,3)28(5,6)27-13-7-8-19(23)18-14-22(20(18)24)26-15-16-9-11-17(25-4)12-10-16/h9-12,18-19,23H,7-8,13-15H2,1-6H3. The largest absolute Gasteiger partial charge is 0.497 e. The average molecular weight is 410 g/mol. The lowest BCUT2D eigenvalue weighted by Gasteiger charge is -2.39. The van der Waals surface area contributed by atoms with Crippen LogP contribution >= 0.6 is 0 Å². The highest BCUT2D eigenvalue weighted by Gasteiger charge is 2.42. The van der Waals surface area contributed by atoms with Gasteiger partial charge in [-0.2, -0.15) is 0 Å². The number of hydroxylamine groups is 2. The number of carbonyl (C=O) groups excluding carboxylic acids is 1. The van der Waals surface area contributed by atoms with Crippen molar-refractivity contribution in [2.24, 2.45) is 5.92 Å². The fraction of sp³-hybridized carbons (Fsp3) is 0.667. The van der Waals surface area contributed by atoms with Crippen LogP contribution in [0.2, 0.25) is 18.1 Å². The van der Waals surface area contributed by atoms with Crippen LogP contribution in [0.4, 0.5) is 0 Å². The van der Waals surface area contributed by atoms with E-state index in [9.17, 15) is 9.90 Å². The second-order valence-corrected chi connectivity index (χ2v) is 13.8. The predicted molar refractivity (Wildman–Crippen MR) is 111 cm³/mol. The Morgan fingerprint density at radius 3 is 2.43 bits per heavy atom. The van der Waals surface area contributed by atoms with E-state index in [1.807, 2.05) is 24.3 Å². The molecule has 6 nitrogen and oxygen atoms in total. The van der Waals surface area contributed by atoms with E-state index >= 15 is 0 Å². The van der Waals surface area contributed by atoms with Crippen molar-refractivity contribution in [2.75, 3.05) is 20.3 Å². The van der Waals surface area contributed by atoms with Crippen LogP contribution in [0, 0.1) is 5.92 Å². The van der Waals surface area contributed by atoms with Crippen LogP contribution < -0.4 is 4.74 Å². The van der Waals surface area contributed by atoms with E-state index in [1.165, 1.54) is 5.06 Å². The summed E-state index contributed by atoms with van der Waals surface area (Å²) >= 11 is 0. The van der Waals surface area contributed by atoms with Gasteiger partial charge in [0.15, 0.2) is 8.32 Å².